The summed E-state index contributed by atoms with van der Waals surface area (Å²) in [5.74, 6) is -2.70. The topological polar surface area (TPSA) is 131 Å². The van der Waals surface area contributed by atoms with Crippen molar-refractivity contribution in [3.05, 3.63) is 51.4 Å². The van der Waals surface area contributed by atoms with Crippen LogP contribution < -0.4 is 4.90 Å². The summed E-state index contributed by atoms with van der Waals surface area (Å²) in [5, 5.41) is 45.5. The number of nitrogens with zero attached hydrogens (tertiary/aromatic N) is 2. The molecule has 4 rings (SSSR count). The van der Waals surface area contributed by atoms with E-state index in [1.54, 1.807) is 25.1 Å². The lowest BCUT2D eigenvalue weighted by atomic mass is 9.61. The fourth-order valence-corrected chi connectivity index (χ4v) is 5.94. The van der Waals surface area contributed by atoms with Gasteiger partial charge < -0.3 is 35.0 Å². The lowest BCUT2D eigenvalue weighted by Gasteiger charge is -2.48. The zero-order valence-electron chi connectivity index (χ0n) is 22.3. The number of anilines is 1. The molecule has 0 heterocycles. The van der Waals surface area contributed by atoms with E-state index in [1.165, 1.54) is 13.0 Å². The van der Waals surface area contributed by atoms with Crippen LogP contribution in [-0.2, 0) is 20.7 Å². The smallest absolute Gasteiger partial charge is 0.201 e. The summed E-state index contributed by atoms with van der Waals surface area (Å²) in [4.78, 5) is 30.4. The van der Waals surface area contributed by atoms with Crippen molar-refractivity contribution in [1.29, 1.82) is 0 Å². The van der Waals surface area contributed by atoms with Crippen molar-refractivity contribution in [2.75, 3.05) is 39.7 Å². The van der Waals surface area contributed by atoms with Gasteiger partial charge in [-0.25, -0.2) is 0 Å². The number of aliphatic hydroxyl groups excluding tert-OH is 2. The van der Waals surface area contributed by atoms with E-state index >= 15 is 0 Å². The molecule has 4 N–H and O–H groups in total. The Labute approximate surface area is 217 Å². The summed E-state index contributed by atoms with van der Waals surface area (Å²) in [6.07, 6.45) is 0.437. The van der Waals surface area contributed by atoms with Gasteiger partial charge in [-0.1, -0.05) is 13.3 Å². The van der Waals surface area contributed by atoms with Gasteiger partial charge in [-0.2, -0.15) is 0 Å². The van der Waals surface area contributed by atoms with Gasteiger partial charge in [0.2, 0.25) is 5.78 Å². The normalized spacial score (nSPS) is 25.1. The summed E-state index contributed by atoms with van der Waals surface area (Å²) < 4.78 is 5.97. The molecule has 3 aliphatic carbocycles. The fourth-order valence-electron chi connectivity index (χ4n) is 5.94. The van der Waals surface area contributed by atoms with Crippen molar-refractivity contribution in [3.63, 3.8) is 0 Å². The first-order valence-electron chi connectivity index (χ1n) is 12.6. The Balaban J connectivity index is 2.00. The molecule has 3 atom stereocenters. The Morgan fingerprint density at radius 2 is 1.76 bits per heavy atom. The molecular weight excluding hydrogens is 476 g/mol. The third-order valence-corrected chi connectivity index (χ3v) is 7.62. The van der Waals surface area contributed by atoms with E-state index in [0.29, 0.717) is 18.4 Å². The van der Waals surface area contributed by atoms with Gasteiger partial charge in [0, 0.05) is 46.1 Å². The molecule has 0 aliphatic heterocycles. The van der Waals surface area contributed by atoms with Crippen LogP contribution in [-0.4, -0.2) is 83.4 Å². The number of carbonyl (C=O) groups excluding carboxylic acids is 2. The minimum absolute atomic E-state index is 0.00329. The second-order valence-corrected chi connectivity index (χ2v) is 10.5. The molecule has 1 aromatic rings. The standard InChI is InChI=1S/C28H36N2O7/c1-7-8-11-37-27-20(14(2)31)25(34)23(30(5)6)17-13-15-12-16-18(29(3)4)9-10-19(32)22(16)24(33)21(15)26(35)28(17,27)36/h9-10,15,27,32-34,36H,7-8,11-13H2,1-6H3. The number of aromatic hydroxyl groups is 1. The average molecular weight is 513 g/mol. The highest BCUT2D eigenvalue weighted by molar-refractivity contribution is 6.13. The lowest BCUT2D eigenvalue weighted by molar-refractivity contribution is -0.147. The number of phenols is 1. The number of hydrogen-bond acceptors (Lipinski definition) is 9. The summed E-state index contributed by atoms with van der Waals surface area (Å²) in [6, 6.07) is 3.22. The Hall–Kier alpha value is -3.30. The monoisotopic (exact) mass is 512 g/mol. The molecule has 9 heteroatoms. The highest BCUT2D eigenvalue weighted by Crippen LogP contribution is 2.53. The van der Waals surface area contributed by atoms with Crippen LogP contribution in [0.15, 0.2) is 40.3 Å². The molecule has 0 bridgehead atoms. The van der Waals surface area contributed by atoms with Crippen molar-refractivity contribution in [2.24, 2.45) is 5.92 Å². The van der Waals surface area contributed by atoms with Crippen LogP contribution in [0.5, 0.6) is 5.75 Å². The first-order valence-corrected chi connectivity index (χ1v) is 12.6. The van der Waals surface area contributed by atoms with Crippen molar-refractivity contribution in [2.45, 2.75) is 51.2 Å². The first kappa shape index (κ1) is 26.8. The molecule has 1 saturated carbocycles. The molecule has 0 radical (unpaired) electrons. The molecule has 0 spiro atoms. The molecular formula is C28H36N2O7. The second kappa shape index (κ2) is 9.54. The number of hydrogen-bond donors (Lipinski definition) is 4. The summed E-state index contributed by atoms with van der Waals surface area (Å²) in [6.45, 7) is 3.38. The van der Waals surface area contributed by atoms with Crippen LogP contribution >= 0.6 is 0 Å². The van der Waals surface area contributed by atoms with Gasteiger partial charge in [-0.05, 0) is 55.4 Å². The van der Waals surface area contributed by atoms with Gasteiger partial charge in [-0.3, -0.25) is 9.59 Å². The zero-order chi connectivity index (χ0) is 27.4. The van der Waals surface area contributed by atoms with Gasteiger partial charge in [-0.15, -0.1) is 0 Å². The molecule has 37 heavy (non-hydrogen) atoms. The van der Waals surface area contributed by atoms with E-state index in [0.717, 1.165) is 12.1 Å². The number of phenolic OH excluding ortho intramolecular Hbond substituents is 1. The Bertz CT molecular complexity index is 1260. The van der Waals surface area contributed by atoms with E-state index in [4.69, 9.17) is 4.74 Å². The third kappa shape index (κ3) is 3.92. The number of Topliss-reactive ketones (excluding diaryl/α,β-unsaturated/α-hetero) is 2. The Morgan fingerprint density at radius 3 is 2.32 bits per heavy atom. The summed E-state index contributed by atoms with van der Waals surface area (Å²) in [5.41, 5.74) is -0.390. The number of fused-ring (bicyclic) bond motifs is 3. The quantitative estimate of drug-likeness (QED) is 0.407. The van der Waals surface area contributed by atoms with Crippen molar-refractivity contribution >= 4 is 23.0 Å². The summed E-state index contributed by atoms with van der Waals surface area (Å²) >= 11 is 0. The Kier molecular flexibility index (Phi) is 6.90. The number of likely N-dealkylation sites (N-methyl/N-ethyl adjacent to an activating group) is 1. The summed E-state index contributed by atoms with van der Waals surface area (Å²) in [7, 11) is 7.04. The van der Waals surface area contributed by atoms with E-state index in [9.17, 15) is 30.0 Å². The van der Waals surface area contributed by atoms with E-state index in [2.05, 4.69) is 0 Å². The molecule has 9 nitrogen and oxygen atoms in total. The number of ether oxygens (including phenoxy) is 1. The molecule has 1 aromatic carbocycles. The maximum absolute atomic E-state index is 14.2. The molecule has 3 aliphatic rings. The molecule has 3 unspecified atom stereocenters. The lowest BCUT2D eigenvalue weighted by Crippen LogP contribution is -2.61. The highest BCUT2D eigenvalue weighted by atomic mass is 16.5. The third-order valence-electron chi connectivity index (χ3n) is 7.62. The SMILES string of the molecule is CCCCOC1C(C(C)=O)=C(O)C(N(C)C)=C2CC3Cc4c(N(C)C)ccc(O)c4C(O)=C3C(=O)C21O. The molecule has 0 aromatic heterocycles. The predicted octanol–water partition coefficient (Wildman–Crippen LogP) is 3.02. The predicted molar refractivity (Wildman–Crippen MR) is 139 cm³/mol. The molecule has 0 saturated heterocycles. The molecule has 1 fully saturated rings. The average Bonchev–Trinajstić information content (AvgIpc) is 2.80. The number of rotatable bonds is 7. The van der Waals surface area contributed by atoms with Gasteiger partial charge in [0.1, 0.15) is 23.4 Å². The number of ketones is 2. The largest absolute Gasteiger partial charge is 0.507 e. The van der Waals surface area contributed by atoms with E-state index < -0.39 is 29.2 Å². The van der Waals surface area contributed by atoms with Crippen LogP contribution in [0.2, 0.25) is 0 Å². The van der Waals surface area contributed by atoms with E-state index in [-0.39, 0.29) is 58.3 Å². The van der Waals surface area contributed by atoms with Crippen molar-refractivity contribution in [1.82, 2.24) is 4.90 Å². The fraction of sp³-hybridized carbons (Fsp3) is 0.500. The van der Waals surface area contributed by atoms with Crippen LogP contribution in [0.4, 0.5) is 5.69 Å². The van der Waals surface area contributed by atoms with Gasteiger partial charge in [0.25, 0.3) is 0 Å². The number of aliphatic hydroxyl groups is 3. The molecule has 200 valence electrons. The number of carbonyl (C=O) groups is 2. The van der Waals surface area contributed by atoms with Crippen LogP contribution in [0.3, 0.4) is 0 Å². The highest BCUT2D eigenvalue weighted by Gasteiger charge is 2.61. The van der Waals surface area contributed by atoms with Crippen LogP contribution in [0.25, 0.3) is 5.76 Å². The molecule has 0 amide bonds. The van der Waals surface area contributed by atoms with Crippen molar-refractivity contribution < 1.29 is 34.8 Å². The van der Waals surface area contributed by atoms with Gasteiger partial charge in [0.15, 0.2) is 11.4 Å². The number of benzene rings is 1. The zero-order valence-corrected chi connectivity index (χ0v) is 22.3. The van der Waals surface area contributed by atoms with Crippen molar-refractivity contribution in [3.8, 4) is 5.75 Å². The first-order chi connectivity index (χ1) is 17.4. The van der Waals surface area contributed by atoms with Gasteiger partial charge >= 0.3 is 0 Å². The van der Waals surface area contributed by atoms with Crippen LogP contribution in [0, 0.1) is 5.92 Å². The Morgan fingerprint density at radius 1 is 1.08 bits per heavy atom. The van der Waals surface area contributed by atoms with E-state index in [1.807, 2.05) is 25.9 Å². The minimum atomic E-state index is -2.31. The maximum atomic E-state index is 14.2. The minimum Gasteiger partial charge on any atom is -0.507 e. The number of unbranched alkanes of at least 4 members (excludes halogenated alkanes) is 1. The maximum Gasteiger partial charge on any atom is 0.201 e. The van der Waals surface area contributed by atoms with Gasteiger partial charge in [0.05, 0.1) is 16.8 Å². The second-order valence-electron chi connectivity index (χ2n) is 10.5. The van der Waals surface area contributed by atoms with Crippen LogP contribution in [0.1, 0.15) is 44.2 Å².